The molecule has 174 valence electrons. The highest BCUT2D eigenvalue weighted by Crippen LogP contribution is 2.43. The number of nitriles is 1. The predicted octanol–water partition coefficient (Wildman–Crippen LogP) is 4.29. The van der Waals surface area contributed by atoms with E-state index in [-0.39, 0.29) is 6.10 Å². The maximum absolute atomic E-state index is 9.18. The van der Waals surface area contributed by atoms with Gasteiger partial charge < -0.3 is 29.7 Å². The molecule has 0 amide bonds. The number of aromatic nitrogens is 2. The highest BCUT2D eigenvalue weighted by atomic mass is 16.5. The Bertz CT molecular complexity index is 1230. The van der Waals surface area contributed by atoms with Crippen LogP contribution in [0, 0.1) is 11.3 Å². The molecule has 1 aromatic heterocycles. The van der Waals surface area contributed by atoms with Gasteiger partial charge in [0.1, 0.15) is 23.9 Å². The third kappa shape index (κ3) is 4.54. The summed E-state index contributed by atoms with van der Waals surface area (Å²) in [5.41, 5.74) is 2.88. The lowest BCUT2D eigenvalue weighted by Gasteiger charge is -2.30. The molecule has 5 rings (SSSR count). The molecule has 34 heavy (non-hydrogen) atoms. The first-order valence-electron chi connectivity index (χ1n) is 11.2. The van der Waals surface area contributed by atoms with Gasteiger partial charge in [-0.05, 0) is 44.2 Å². The van der Waals surface area contributed by atoms with E-state index in [4.69, 9.17) is 14.2 Å². The predicted molar refractivity (Wildman–Crippen MR) is 128 cm³/mol. The fourth-order valence-corrected chi connectivity index (χ4v) is 4.14. The van der Waals surface area contributed by atoms with E-state index in [0.717, 1.165) is 37.2 Å². The van der Waals surface area contributed by atoms with Crippen LogP contribution in [0.1, 0.15) is 24.0 Å². The van der Waals surface area contributed by atoms with Crippen LogP contribution in [0.15, 0.2) is 42.7 Å². The van der Waals surface area contributed by atoms with Gasteiger partial charge >= 0.3 is 0 Å². The number of benzene rings is 2. The zero-order valence-electron chi connectivity index (χ0n) is 19.2. The Morgan fingerprint density at radius 1 is 1.18 bits per heavy atom. The van der Waals surface area contributed by atoms with E-state index in [2.05, 4.69) is 38.6 Å². The van der Waals surface area contributed by atoms with E-state index in [0.29, 0.717) is 46.7 Å². The van der Waals surface area contributed by atoms with Gasteiger partial charge in [-0.15, -0.1) is 0 Å². The summed E-state index contributed by atoms with van der Waals surface area (Å²) in [6, 6.07) is 13.2. The number of hydrogen-bond acceptors (Lipinski definition) is 9. The number of anilines is 3. The topological polar surface area (TPSA) is 105 Å². The normalized spacial score (nSPS) is 15.6. The van der Waals surface area contributed by atoms with Gasteiger partial charge in [0.05, 0.1) is 18.7 Å². The van der Waals surface area contributed by atoms with Crippen molar-refractivity contribution in [3.63, 3.8) is 0 Å². The molecule has 0 bridgehead atoms. The van der Waals surface area contributed by atoms with Crippen LogP contribution >= 0.6 is 0 Å². The van der Waals surface area contributed by atoms with Gasteiger partial charge in [0.2, 0.25) is 5.88 Å². The van der Waals surface area contributed by atoms with Crippen LogP contribution in [0.4, 0.5) is 17.2 Å². The third-order valence-corrected chi connectivity index (χ3v) is 6.04. The number of rotatable bonds is 5. The van der Waals surface area contributed by atoms with E-state index in [9.17, 15) is 5.26 Å². The summed E-state index contributed by atoms with van der Waals surface area (Å²) < 4.78 is 18.1. The van der Waals surface area contributed by atoms with Crippen LogP contribution in [-0.2, 0) is 6.54 Å². The summed E-state index contributed by atoms with van der Waals surface area (Å²) in [6.07, 6.45) is 3.56. The first kappa shape index (κ1) is 21.8. The SMILES string of the molecule is COc1cc2c(cc1OC1CCN(C)CC1)CNc1c(Nc3cccc(C#N)c3)ncnc1O2. The average molecular weight is 459 g/mol. The Morgan fingerprint density at radius 3 is 2.82 bits per heavy atom. The Balaban J connectivity index is 1.40. The lowest BCUT2D eigenvalue weighted by molar-refractivity contribution is 0.111. The number of nitrogens with zero attached hydrogens (tertiary/aromatic N) is 4. The molecule has 0 saturated carbocycles. The zero-order chi connectivity index (χ0) is 23.5. The molecule has 1 saturated heterocycles. The molecule has 2 aromatic carbocycles. The van der Waals surface area contributed by atoms with Crippen molar-refractivity contribution in [1.29, 1.82) is 5.26 Å². The van der Waals surface area contributed by atoms with E-state index in [1.807, 2.05) is 24.3 Å². The molecule has 0 radical (unpaired) electrons. The number of fused-ring (bicyclic) bond motifs is 2. The van der Waals surface area contributed by atoms with Crippen LogP contribution < -0.4 is 24.8 Å². The minimum absolute atomic E-state index is 0.158. The van der Waals surface area contributed by atoms with Crippen LogP contribution in [0.5, 0.6) is 23.1 Å². The molecular weight excluding hydrogens is 432 g/mol. The lowest BCUT2D eigenvalue weighted by Crippen LogP contribution is -2.35. The minimum atomic E-state index is 0.158. The maximum atomic E-state index is 9.18. The molecule has 0 atom stereocenters. The van der Waals surface area contributed by atoms with Crippen LogP contribution in [0.3, 0.4) is 0 Å². The quantitative estimate of drug-likeness (QED) is 0.579. The van der Waals surface area contributed by atoms with Crippen molar-refractivity contribution in [2.75, 3.05) is 37.9 Å². The fraction of sp³-hybridized carbons (Fsp3) is 0.320. The van der Waals surface area contributed by atoms with Gasteiger partial charge in [-0.25, -0.2) is 4.98 Å². The zero-order valence-corrected chi connectivity index (χ0v) is 19.2. The third-order valence-electron chi connectivity index (χ3n) is 6.04. The molecule has 2 N–H and O–H groups in total. The van der Waals surface area contributed by atoms with Crippen molar-refractivity contribution in [2.24, 2.45) is 0 Å². The summed E-state index contributed by atoms with van der Waals surface area (Å²) in [5, 5.41) is 15.8. The van der Waals surface area contributed by atoms with Gasteiger partial charge in [-0.1, -0.05) is 6.07 Å². The van der Waals surface area contributed by atoms with E-state index in [1.165, 1.54) is 6.33 Å². The van der Waals surface area contributed by atoms with Crippen LogP contribution in [0.25, 0.3) is 0 Å². The van der Waals surface area contributed by atoms with E-state index in [1.54, 1.807) is 19.2 Å². The van der Waals surface area contributed by atoms with Gasteiger partial charge in [0, 0.05) is 37.0 Å². The molecule has 2 aliphatic heterocycles. The first-order chi connectivity index (χ1) is 16.6. The van der Waals surface area contributed by atoms with Gasteiger partial charge in [0.15, 0.2) is 17.3 Å². The van der Waals surface area contributed by atoms with Crippen LogP contribution in [-0.4, -0.2) is 48.2 Å². The van der Waals surface area contributed by atoms with Crippen LogP contribution in [0.2, 0.25) is 0 Å². The van der Waals surface area contributed by atoms with Gasteiger partial charge in [0.25, 0.3) is 0 Å². The Labute approximate surface area is 198 Å². The molecule has 3 heterocycles. The standard InChI is InChI=1S/C25H26N6O3/c1-31-8-6-19(7-9-31)33-22-11-17-14-27-23-24(30-18-5-3-4-16(10-18)13-26)28-15-29-25(23)34-20(17)12-21(22)32-2/h3-5,10-12,15,19,27H,6-9,14H2,1-2H3,(H,28,29,30). The van der Waals surface area contributed by atoms with Crippen molar-refractivity contribution in [3.05, 3.63) is 53.9 Å². The Kier molecular flexibility index (Phi) is 6.06. The molecule has 2 aliphatic rings. The average Bonchev–Trinajstić information content (AvgIpc) is 3.04. The summed E-state index contributed by atoms with van der Waals surface area (Å²) >= 11 is 0. The number of nitrogens with one attached hydrogen (secondary N) is 2. The molecular formula is C25H26N6O3. The Morgan fingerprint density at radius 2 is 2.03 bits per heavy atom. The second-order valence-corrected chi connectivity index (χ2v) is 8.41. The molecule has 1 fully saturated rings. The number of ether oxygens (including phenoxy) is 3. The summed E-state index contributed by atoms with van der Waals surface area (Å²) in [7, 11) is 3.76. The second-order valence-electron chi connectivity index (χ2n) is 8.41. The highest BCUT2D eigenvalue weighted by Gasteiger charge is 2.24. The number of piperidine rings is 1. The number of likely N-dealkylation sites (tertiary alicyclic amines) is 1. The smallest absolute Gasteiger partial charge is 0.248 e. The first-order valence-corrected chi connectivity index (χ1v) is 11.2. The van der Waals surface area contributed by atoms with E-state index < -0.39 is 0 Å². The molecule has 9 nitrogen and oxygen atoms in total. The number of methoxy groups -OCH3 is 1. The molecule has 9 heteroatoms. The molecule has 0 unspecified atom stereocenters. The summed E-state index contributed by atoms with van der Waals surface area (Å²) in [5.74, 6) is 2.95. The van der Waals surface area contributed by atoms with Crippen molar-refractivity contribution >= 4 is 17.2 Å². The molecule has 3 aromatic rings. The summed E-state index contributed by atoms with van der Waals surface area (Å²) in [4.78, 5) is 11.0. The second kappa shape index (κ2) is 9.45. The lowest BCUT2D eigenvalue weighted by atomic mass is 10.1. The number of hydrogen-bond donors (Lipinski definition) is 2. The van der Waals surface area contributed by atoms with Crippen molar-refractivity contribution in [3.8, 4) is 29.2 Å². The van der Waals surface area contributed by atoms with Crippen molar-refractivity contribution < 1.29 is 14.2 Å². The molecule has 0 aliphatic carbocycles. The fourth-order valence-electron chi connectivity index (χ4n) is 4.14. The van der Waals surface area contributed by atoms with E-state index >= 15 is 0 Å². The van der Waals surface area contributed by atoms with Gasteiger partial charge in [-0.2, -0.15) is 10.2 Å². The van der Waals surface area contributed by atoms with Gasteiger partial charge in [-0.3, -0.25) is 0 Å². The Hall–Kier alpha value is -4.03. The summed E-state index contributed by atoms with van der Waals surface area (Å²) in [6.45, 7) is 2.53. The van der Waals surface area contributed by atoms with Crippen molar-refractivity contribution in [1.82, 2.24) is 14.9 Å². The monoisotopic (exact) mass is 458 g/mol. The maximum Gasteiger partial charge on any atom is 0.248 e. The largest absolute Gasteiger partial charge is 0.493 e. The van der Waals surface area contributed by atoms with Crippen molar-refractivity contribution in [2.45, 2.75) is 25.5 Å². The molecule has 0 spiro atoms. The highest BCUT2D eigenvalue weighted by molar-refractivity contribution is 5.76. The minimum Gasteiger partial charge on any atom is -0.493 e.